The fraction of sp³-hybridized carbons (Fsp3) is 0.273. The van der Waals surface area contributed by atoms with Crippen molar-refractivity contribution in [3.05, 3.63) is 108 Å². The number of piperazine rings is 1. The van der Waals surface area contributed by atoms with Crippen LogP contribution in [0.3, 0.4) is 0 Å². The number of anilines is 2. The first-order valence-electron chi connectivity index (χ1n) is 14.4. The lowest BCUT2D eigenvalue weighted by Gasteiger charge is -2.35. The number of nitrogens with one attached hydrogen (secondary N) is 3. The molecule has 4 aromatic rings. The van der Waals surface area contributed by atoms with E-state index in [2.05, 4.69) is 45.1 Å². The molecule has 2 heterocycles. The van der Waals surface area contributed by atoms with Gasteiger partial charge in [-0.15, -0.1) is 0 Å². The molecule has 1 saturated heterocycles. The Bertz CT molecular complexity index is 1410. The van der Waals surface area contributed by atoms with Crippen molar-refractivity contribution in [3.63, 3.8) is 0 Å². The van der Waals surface area contributed by atoms with E-state index in [4.69, 9.17) is 9.97 Å². The quantitative estimate of drug-likeness (QED) is 0.239. The van der Waals surface area contributed by atoms with Crippen molar-refractivity contribution in [1.82, 2.24) is 25.5 Å². The molecular formula is C33H37N7O2. The minimum absolute atomic E-state index is 0.0449. The summed E-state index contributed by atoms with van der Waals surface area (Å²) < 4.78 is 0. The molecule has 0 radical (unpaired) electrons. The highest BCUT2D eigenvalue weighted by molar-refractivity contribution is 5.96. The molecule has 0 saturated carbocycles. The predicted octanol–water partition coefficient (Wildman–Crippen LogP) is 3.72. The molecule has 9 heteroatoms. The van der Waals surface area contributed by atoms with Crippen molar-refractivity contribution in [3.8, 4) is 11.4 Å². The molecular weight excluding hydrogens is 526 g/mol. The van der Waals surface area contributed by atoms with Crippen LogP contribution < -0.4 is 20.9 Å². The molecule has 0 atom stereocenters. The second-order valence-corrected chi connectivity index (χ2v) is 10.2. The van der Waals surface area contributed by atoms with Crippen molar-refractivity contribution in [1.29, 1.82) is 0 Å². The van der Waals surface area contributed by atoms with Gasteiger partial charge < -0.3 is 16.0 Å². The summed E-state index contributed by atoms with van der Waals surface area (Å²) >= 11 is 0. The highest BCUT2D eigenvalue weighted by Crippen LogP contribution is 2.34. The number of carbonyl (C=O) groups excluding carboxylic acids is 2. The number of aromatic nitrogens is 2. The van der Waals surface area contributed by atoms with E-state index in [-0.39, 0.29) is 18.4 Å². The second-order valence-electron chi connectivity index (χ2n) is 10.2. The first-order valence-corrected chi connectivity index (χ1v) is 14.4. The normalized spacial score (nSPS) is 13.5. The standard InChI is InChI=1S/C33H37N7O2/c1-25(41)35-17-18-36-29-23-30(38-33(37-29)28-15-9-4-10-16-28)40(31(42)24-39-21-19-34-20-22-39)32(26-11-5-2-6-12-26)27-13-7-3-8-14-27/h2-16,23,32,34H,17-22,24H2,1H3,(H,35,41)(H,36,37,38). The Morgan fingerprint density at radius 3 is 2.05 bits per heavy atom. The summed E-state index contributed by atoms with van der Waals surface area (Å²) in [6.07, 6.45) is 0. The van der Waals surface area contributed by atoms with Crippen LogP contribution >= 0.6 is 0 Å². The Balaban J connectivity index is 1.62. The van der Waals surface area contributed by atoms with Crippen LogP contribution in [0.1, 0.15) is 24.1 Å². The molecule has 1 aromatic heterocycles. The summed E-state index contributed by atoms with van der Waals surface area (Å²) in [4.78, 5) is 39.6. The zero-order valence-electron chi connectivity index (χ0n) is 23.9. The van der Waals surface area contributed by atoms with Gasteiger partial charge in [-0.1, -0.05) is 91.0 Å². The summed E-state index contributed by atoms with van der Waals surface area (Å²) in [6, 6.07) is 31.3. The molecule has 0 spiro atoms. The Hall–Kier alpha value is -4.60. The van der Waals surface area contributed by atoms with Crippen LogP contribution in [0, 0.1) is 0 Å². The number of hydrogen-bond acceptors (Lipinski definition) is 7. The molecule has 0 unspecified atom stereocenters. The van der Waals surface area contributed by atoms with Crippen LogP contribution in [-0.4, -0.2) is 72.5 Å². The largest absolute Gasteiger partial charge is 0.368 e. The molecule has 3 N–H and O–H groups in total. The molecule has 1 aliphatic heterocycles. The molecule has 42 heavy (non-hydrogen) atoms. The van der Waals surface area contributed by atoms with Gasteiger partial charge in [-0.25, -0.2) is 9.97 Å². The van der Waals surface area contributed by atoms with Gasteiger partial charge in [0.1, 0.15) is 11.6 Å². The van der Waals surface area contributed by atoms with Gasteiger partial charge in [-0.2, -0.15) is 0 Å². The Morgan fingerprint density at radius 1 is 0.857 bits per heavy atom. The van der Waals surface area contributed by atoms with Crippen molar-refractivity contribution < 1.29 is 9.59 Å². The van der Waals surface area contributed by atoms with Crippen molar-refractivity contribution >= 4 is 23.5 Å². The maximum atomic E-state index is 14.4. The van der Waals surface area contributed by atoms with Gasteiger partial charge in [-0.3, -0.25) is 19.4 Å². The third kappa shape index (κ3) is 7.57. The minimum atomic E-state index is -0.409. The van der Waals surface area contributed by atoms with Gasteiger partial charge in [0.25, 0.3) is 0 Å². The molecule has 216 valence electrons. The van der Waals surface area contributed by atoms with Crippen LogP contribution in [0.4, 0.5) is 11.6 Å². The maximum Gasteiger partial charge on any atom is 0.243 e. The van der Waals surface area contributed by atoms with E-state index < -0.39 is 6.04 Å². The van der Waals surface area contributed by atoms with Gasteiger partial charge in [0.15, 0.2) is 5.82 Å². The highest BCUT2D eigenvalue weighted by atomic mass is 16.2. The van der Waals surface area contributed by atoms with Gasteiger partial charge >= 0.3 is 0 Å². The zero-order valence-corrected chi connectivity index (χ0v) is 23.9. The smallest absolute Gasteiger partial charge is 0.243 e. The monoisotopic (exact) mass is 563 g/mol. The van der Waals surface area contributed by atoms with Gasteiger partial charge in [0.2, 0.25) is 11.8 Å². The summed E-state index contributed by atoms with van der Waals surface area (Å²) in [5.41, 5.74) is 2.81. The Kier molecular flexibility index (Phi) is 9.87. The second kappa shape index (κ2) is 14.3. The molecule has 0 bridgehead atoms. The van der Waals surface area contributed by atoms with Crippen LogP contribution in [0.5, 0.6) is 0 Å². The molecule has 2 amide bonds. The SMILES string of the molecule is CC(=O)NCCNc1cc(N(C(=O)CN2CCNCC2)C(c2ccccc2)c2ccccc2)nc(-c2ccccc2)n1. The molecule has 9 nitrogen and oxygen atoms in total. The van der Waals surface area contributed by atoms with Crippen LogP contribution in [-0.2, 0) is 9.59 Å². The summed E-state index contributed by atoms with van der Waals surface area (Å²) in [5.74, 6) is 1.45. The van der Waals surface area contributed by atoms with Crippen LogP contribution in [0.25, 0.3) is 11.4 Å². The first kappa shape index (κ1) is 28.9. The molecule has 1 aliphatic rings. The topological polar surface area (TPSA) is 102 Å². The van der Waals surface area contributed by atoms with Gasteiger partial charge in [0.05, 0.1) is 12.6 Å². The number of carbonyl (C=O) groups is 2. The number of rotatable bonds is 11. The molecule has 0 aliphatic carbocycles. The predicted molar refractivity (Wildman–Crippen MR) is 166 cm³/mol. The number of benzene rings is 3. The average molecular weight is 564 g/mol. The lowest BCUT2D eigenvalue weighted by Crippen LogP contribution is -2.49. The first-order chi connectivity index (χ1) is 20.6. The molecule has 5 rings (SSSR count). The summed E-state index contributed by atoms with van der Waals surface area (Å²) in [5, 5.41) is 9.49. The lowest BCUT2D eigenvalue weighted by atomic mass is 9.96. The lowest BCUT2D eigenvalue weighted by molar-refractivity contribution is -0.120. The maximum absolute atomic E-state index is 14.4. The van der Waals surface area contributed by atoms with Crippen LogP contribution in [0.2, 0.25) is 0 Å². The minimum Gasteiger partial charge on any atom is -0.368 e. The highest BCUT2D eigenvalue weighted by Gasteiger charge is 2.31. The van der Waals surface area contributed by atoms with E-state index >= 15 is 0 Å². The Labute approximate surface area is 247 Å². The van der Waals surface area contributed by atoms with Crippen molar-refractivity contribution in [2.75, 3.05) is 56.0 Å². The van der Waals surface area contributed by atoms with Gasteiger partial charge in [-0.05, 0) is 11.1 Å². The van der Waals surface area contributed by atoms with E-state index in [1.54, 1.807) is 0 Å². The third-order valence-corrected chi connectivity index (χ3v) is 7.12. The fourth-order valence-electron chi connectivity index (χ4n) is 5.10. The van der Waals surface area contributed by atoms with E-state index in [0.29, 0.717) is 30.5 Å². The number of nitrogens with zero attached hydrogens (tertiary/aromatic N) is 4. The fourth-order valence-corrected chi connectivity index (χ4v) is 5.10. The number of amides is 2. The van der Waals surface area contributed by atoms with Crippen molar-refractivity contribution in [2.45, 2.75) is 13.0 Å². The summed E-state index contributed by atoms with van der Waals surface area (Å²) in [6.45, 7) is 5.98. The summed E-state index contributed by atoms with van der Waals surface area (Å²) in [7, 11) is 0. The molecule has 1 fully saturated rings. The third-order valence-electron chi connectivity index (χ3n) is 7.12. The van der Waals surface area contributed by atoms with Crippen LogP contribution in [0.15, 0.2) is 97.1 Å². The van der Waals surface area contributed by atoms with Gasteiger partial charge in [0, 0.05) is 57.8 Å². The van der Waals surface area contributed by atoms with Crippen molar-refractivity contribution in [2.24, 2.45) is 0 Å². The van der Waals surface area contributed by atoms with E-state index in [9.17, 15) is 9.59 Å². The van der Waals surface area contributed by atoms with E-state index in [1.165, 1.54) is 6.92 Å². The zero-order chi connectivity index (χ0) is 29.1. The van der Waals surface area contributed by atoms with E-state index in [0.717, 1.165) is 42.9 Å². The molecule has 3 aromatic carbocycles. The van der Waals surface area contributed by atoms with E-state index in [1.807, 2.05) is 77.7 Å². The Morgan fingerprint density at radius 2 is 1.45 bits per heavy atom. The number of hydrogen-bond donors (Lipinski definition) is 3. The average Bonchev–Trinajstić information content (AvgIpc) is 3.03.